The highest BCUT2D eigenvalue weighted by Crippen LogP contribution is 2.21. The fourth-order valence-electron chi connectivity index (χ4n) is 2.31. The summed E-state index contributed by atoms with van der Waals surface area (Å²) in [6.45, 7) is 3.55. The zero-order valence-corrected chi connectivity index (χ0v) is 11.0. The molecular weight excluding hydrogens is 240 g/mol. The Balaban J connectivity index is 0.00000144. The van der Waals surface area contributed by atoms with E-state index in [1.165, 1.54) is 0 Å². The van der Waals surface area contributed by atoms with Crippen LogP contribution in [-0.2, 0) is 0 Å². The molecule has 0 aliphatic carbocycles. The smallest absolute Gasteiger partial charge is 0.257 e. The molecule has 1 aromatic rings. The molecule has 1 N–H and O–H groups in total. The van der Waals surface area contributed by atoms with E-state index in [2.05, 4.69) is 5.32 Å². The van der Waals surface area contributed by atoms with E-state index in [1.54, 1.807) is 12.3 Å². The second kappa shape index (κ2) is 6.07. The van der Waals surface area contributed by atoms with Gasteiger partial charge in [-0.3, -0.25) is 4.79 Å². The molecule has 0 aromatic carbocycles. The summed E-state index contributed by atoms with van der Waals surface area (Å²) in [6, 6.07) is 2.08. The van der Waals surface area contributed by atoms with Crippen LogP contribution in [0.25, 0.3) is 0 Å². The van der Waals surface area contributed by atoms with Crippen molar-refractivity contribution in [2.24, 2.45) is 0 Å². The molecule has 1 saturated heterocycles. The Kier molecular flexibility index (Phi) is 5.02. The molecule has 0 spiro atoms. The van der Waals surface area contributed by atoms with Crippen LogP contribution in [0.5, 0.6) is 0 Å². The quantitative estimate of drug-likeness (QED) is 0.900. The van der Waals surface area contributed by atoms with Crippen molar-refractivity contribution >= 4 is 18.3 Å². The van der Waals surface area contributed by atoms with E-state index in [-0.39, 0.29) is 18.3 Å². The van der Waals surface area contributed by atoms with Crippen molar-refractivity contribution in [2.45, 2.75) is 25.8 Å². The lowest BCUT2D eigenvalue weighted by atomic mass is 10.2. The summed E-state index contributed by atoms with van der Waals surface area (Å²) in [5.74, 6) is 0.809. The standard InChI is InChI=1S/C12H18N2O2.ClH/c1-9-11(5-7-16-9)12(15)14-6-3-4-10(14)8-13-2;/h5,7,10,13H,3-4,6,8H2,1-2H3;1H. The first kappa shape index (κ1) is 14.1. The van der Waals surface area contributed by atoms with Gasteiger partial charge in [-0.2, -0.15) is 0 Å². The van der Waals surface area contributed by atoms with Crippen LogP contribution in [0, 0.1) is 6.92 Å². The van der Waals surface area contributed by atoms with Gasteiger partial charge in [0.25, 0.3) is 5.91 Å². The van der Waals surface area contributed by atoms with Gasteiger partial charge in [-0.15, -0.1) is 12.4 Å². The van der Waals surface area contributed by atoms with Gasteiger partial charge in [-0.05, 0) is 32.9 Å². The first-order chi connectivity index (χ1) is 7.74. The zero-order valence-electron chi connectivity index (χ0n) is 10.2. The fraction of sp³-hybridized carbons (Fsp3) is 0.583. The molecule has 1 aromatic heterocycles. The number of amides is 1. The van der Waals surface area contributed by atoms with Crippen molar-refractivity contribution in [1.82, 2.24) is 10.2 Å². The second-order valence-corrected chi connectivity index (χ2v) is 4.24. The molecule has 1 aliphatic heterocycles. The van der Waals surface area contributed by atoms with Crippen molar-refractivity contribution in [2.75, 3.05) is 20.1 Å². The van der Waals surface area contributed by atoms with Gasteiger partial charge in [-0.25, -0.2) is 0 Å². The van der Waals surface area contributed by atoms with Crippen molar-refractivity contribution in [3.05, 3.63) is 23.7 Å². The maximum atomic E-state index is 12.3. The Morgan fingerprint density at radius 1 is 1.65 bits per heavy atom. The highest BCUT2D eigenvalue weighted by atomic mass is 35.5. The Bertz CT molecular complexity index is 378. The van der Waals surface area contributed by atoms with Crippen LogP contribution in [0.2, 0.25) is 0 Å². The molecule has 1 fully saturated rings. The minimum absolute atomic E-state index is 0. The number of hydrogen-bond acceptors (Lipinski definition) is 3. The summed E-state index contributed by atoms with van der Waals surface area (Å²) in [5.41, 5.74) is 0.697. The number of carbonyl (C=O) groups is 1. The number of hydrogen-bond donors (Lipinski definition) is 1. The molecule has 4 nitrogen and oxygen atoms in total. The molecule has 1 aliphatic rings. The van der Waals surface area contributed by atoms with Crippen LogP contribution in [0.4, 0.5) is 0 Å². The van der Waals surface area contributed by atoms with Gasteiger partial charge in [0.2, 0.25) is 0 Å². The molecule has 1 unspecified atom stereocenters. The molecule has 0 saturated carbocycles. The summed E-state index contributed by atoms with van der Waals surface area (Å²) in [5, 5.41) is 3.14. The molecular formula is C12H19ClN2O2. The molecule has 2 rings (SSSR count). The molecule has 5 heteroatoms. The van der Waals surface area contributed by atoms with Crippen LogP contribution in [0.3, 0.4) is 0 Å². The molecule has 1 atom stereocenters. The lowest BCUT2D eigenvalue weighted by Gasteiger charge is -2.24. The number of halogens is 1. The summed E-state index contributed by atoms with van der Waals surface area (Å²) in [6.07, 6.45) is 3.75. The maximum Gasteiger partial charge on any atom is 0.257 e. The van der Waals surface area contributed by atoms with Gasteiger partial charge in [-0.1, -0.05) is 0 Å². The average molecular weight is 259 g/mol. The normalized spacial score (nSPS) is 19.2. The van der Waals surface area contributed by atoms with Gasteiger partial charge in [0, 0.05) is 19.1 Å². The molecule has 1 amide bonds. The van der Waals surface area contributed by atoms with E-state index >= 15 is 0 Å². The van der Waals surface area contributed by atoms with E-state index in [0.717, 1.165) is 25.9 Å². The predicted octanol–water partition coefficient (Wildman–Crippen LogP) is 1.83. The monoisotopic (exact) mass is 258 g/mol. The zero-order chi connectivity index (χ0) is 11.5. The average Bonchev–Trinajstić information content (AvgIpc) is 2.87. The van der Waals surface area contributed by atoms with E-state index in [4.69, 9.17) is 4.42 Å². The topological polar surface area (TPSA) is 45.5 Å². The molecule has 17 heavy (non-hydrogen) atoms. The summed E-state index contributed by atoms with van der Waals surface area (Å²) in [7, 11) is 1.92. The van der Waals surface area contributed by atoms with Crippen molar-refractivity contribution in [3.8, 4) is 0 Å². The van der Waals surface area contributed by atoms with Crippen LogP contribution in [0.1, 0.15) is 29.0 Å². The van der Waals surface area contributed by atoms with Crippen LogP contribution in [-0.4, -0.2) is 37.0 Å². The number of furan rings is 1. The summed E-state index contributed by atoms with van der Waals surface area (Å²) < 4.78 is 5.18. The first-order valence-corrected chi connectivity index (χ1v) is 5.73. The van der Waals surface area contributed by atoms with Crippen LogP contribution >= 0.6 is 12.4 Å². The Morgan fingerprint density at radius 3 is 3.00 bits per heavy atom. The predicted molar refractivity (Wildman–Crippen MR) is 68.7 cm³/mol. The van der Waals surface area contributed by atoms with Crippen molar-refractivity contribution < 1.29 is 9.21 Å². The summed E-state index contributed by atoms with van der Waals surface area (Å²) >= 11 is 0. The highest BCUT2D eigenvalue weighted by Gasteiger charge is 2.29. The van der Waals surface area contributed by atoms with E-state index in [0.29, 0.717) is 17.4 Å². The third kappa shape index (κ3) is 2.82. The molecule has 96 valence electrons. The largest absolute Gasteiger partial charge is 0.469 e. The van der Waals surface area contributed by atoms with E-state index < -0.39 is 0 Å². The number of carbonyl (C=O) groups excluding carboxylic acids is 1. The minimum atomic E-state index is 0. The lowest BCUT2D eigenvalue weighted by molar-refractivity contribution is 0.0735. The maximum absolute atomic E-state index is 12.3. The SMILES string of the molecule is CNCC1CCCN1C(=O)c1ccoc1C.Cl. The minimum Gasteiger partial charge on any atom is -0.469 e. The van der Waals surface area contributed by atoms with Gasteiger partial charge in [0.15, 0.2) is 0 Å². The van der Waals surface area contributed by atoms with E-state index in [9.17, 15) is 4.79 Å². The summed E-state index contributed by atoms with van der Waals surface area (Å²) in [4.78, 5) is 14.2. The van der Waals surface area contributed by atoms with Crippen LogP contribution < -0.4 is 5.32 Å². The number of nitrogens with one attached hydrogen (secondary N) is 1. The number of nitrogens with zero attached hydrogens (tertiary/aromatic N) is 1. The number of likely N-dealkylation sites (N-methyl/N-ethyl adjacent to an activating group) is 1. The third-order valence-electron chi connectivity index (χ3n) is 3.17. The highest BCUT2D eigenvalue weighted by molar-refractivity contribution is 5.95. The van der Waals surface area contributed by atoms with Crippen molar-refractivity contribution in [1.29, 1.82) is 0 Å². The Labute approximate surface area is 108 Å². The first-order valence-electron chi connectivity index (χ1n) is 5.73. The Morgan fingerprint density at radius 2 is 2.41 bits per heavy atom. The van der Waals surface area contributed by atoms with Crippen LogP contribution in [0.15, 0.2) is 16.7 Å². The fourth-order valence-corrected chi connectivity index (χ4v) is 2.31. The van der Waals surface area contributed by atoms with Gasteiger partial charge >= 0.3 is 0 Å². The molecule has 0 radical (unpaired) electrons. The Hall–Kier alpha value is -1.00. The van der Waals surface area contributed by atoms with Crippen molar-refractivity contribution in [3.63, 3.8) is 0 Å². The third-order valence-corrected chi connectivity index (χ3v) is 3.17. The lowest BCUT2D eigenvalue weighted by Crippen LogP contribution is -2.40. The van der Waals surface area contributed by atoms with Gasteiger partial charge < -0.3 is 14.6 Å². The number of likely N-dealkylation sites (tertiary alicyclic amines) is 1. The second-order valence-electron chi connectivity index (χ2n) is 4.24. The molecule has 2 heterocycles. The van der Waals surface area contributed by atoms with Gasteiger partial charge in [0.1, 0.15) is 5.76 Å². The number of rotatable bonds is 3. The molecule has 0 bridgehead atoms. The van der Waals surface area contributed by atoms with Gasteiger partial charge in [0.05, 0.1) is 11.8 Å². The van der Waals surface area contributed by atoms with E-state index in [1.807, 2.05) is 18.9 Å². The number of aryl methyl sites for hydroxylation is 1.